The molecule has 3 heterocycles. The van der Waals surface area contributed by atoms with Crippen molar-refractivity contribution < 1.29 is 9.21 Å². The molecule has 1 amide bonds. The van der Waals surface area contributed by atoms with Crippen molar-refractivity contribution in [2.75, 3.05) is 39.3 Å². The number of hydrogen-bond acceptors (Lipinski definition) is 4. The number of amides is 1. The van der Waals surface area contributed by atoms with Gasteiger partial charge in [0.2, 0.25) is 5.91 Å². The van der Waals surface area contributed by atoms with Crippen LogP contribution in [-0.2, 0) is 4.79 Å². The Kier molecular flexibility index (Phi) is 4.38. The number of furan rings is 1. The number of piperazine rings is 1. The highest BCUT2D eigenvalue weighted by Crippen LogP contribution is 2.27. The molecule has 0 saturated carbocycles. The van der Waals surface area contributed by atoms with Crippen LogP contribution in [0.1, 0.15) is 31.1 Å². The van der Waals surface area contributed by atoms with Crippen molar-refractivity contribution in [2.24, 2.45) is 0 Å². The van der Waals surface area contributed by atoms with Gasteiger partial charge in [-0.05, 0) is 38.1 Å². The first kappa shape index (κ1) is 13.6. The minimum Gasteiger partial charge on any atom is -0.467 e. The first-order valence-electron chi connectivity index (χ1n) is 7.63. The summed E-state index contributed by atoms with van der Waals surface area (Å²) in [7, 11) is 0. The van der Waals surface area contributed by atoms with Crippen molar-refractivity contribution in [3.63, 3.8) is 0 Å². The van der Waals surface area contributed by atoms with Crippen LogP contribution in [0.3, 0.4) is 0 Å². The molecular weight excluding hydrogens is 254 g/mol. The van der Waals surface area contributed by atoms with Gasteiger partial charge in [0.15, 0.2) is 0 Å². The summed E-state index contributed by atoms with van der Waals surface area (Å²) in [5.41, 5.74) is 0. The normalized spacial score (nSPS) is 22.7. The average Bonchev–Trinajstić information content (AvgIpc) is 3.03. The summed E-state index contributed by atoms with van der Waals surface area (Å²) in [5, 5.41) is 3.29. The molecule has 3 rings (SSSR count). The quantitative estimate of drug-likeness (QED) is 0.903. The van der Waals surface area contributed by atoms with Crippen molar-refractivity contribution in [2.45, 2.75) is 25.3 Å². The number of likely N-dealkylation sites (tertiary alicyclic amines) is 1. The fourth-order valence-corrected chi connectivity index (χ4v) is 3.14. The van der Waals surface area contributed by atoms with Gasteiger partial charge >= 0.3 is 0 Å². The third-order valence-corrected chi connectivity index (χ3v) is 4.23. The number of piperidine rings is 1. The highest BCUT2D eigenvalue weighted by Gasteiger charge is 2.34. The zero-order valence-corrected chi connectivity index (χ0v) is 11.9. The van der Waals surface area contributed by atoms with Crippen LogP contribution < -0.4 is 5.32 Å². The summed E-state index contributed by atoms with van der Waals surface area (Å²) < 4.78 is 5.56. The Hall–Kier alpha value is -1.33. The zero-order valence-electron chi connectivity index (χ0n) is 11.9. The highest BCUT2D eigenvalue weighted by molar-refractivity contribution is 5.82. The molecule has 1 atom stereocenters. The van der Waals surface area contributed by atoms with Crippen LogP contribution in [0.4, 0.5) is 0 Å². The Labute approximate surface area is 119 Å². The topological polar surface area (TPSA) is 48.7 Å². The lowest BCUT2D eigenvalue weighted by atomic mass is 10.1. The maximum atomic E-state index is 12.9. The second-order valence-electron chi connectivity index (χ2n) is 5.59. The maximum absolute atomic E-state index is 12.9. The first-order valence-corrected chi connectivity index (χ1v) is 7.63. The minimum absolute atomic E-state index is 0.198. The fraction of sp³-hybridized carbons (Fsp3) is 0.667. The van der Waals surface area contributed by atoms with E-state index < -0.39 is 0 Å². The predicted octanol–water partition coefficient (Wildman–Crippen LogP) is 1.24. The van der Waals surface area contributed by atoms with Gasteiger partial charge in [-0.15, -0.1) is 0 Å². The number of carbonyl (C=O) groups excluding carboxylic acids is 1. The average molecular weight is 277 g/mol. The van der Waals surface area contributed by atoms with Crippen LogP contribution >= 0.6 is 0 Å². The third-order valence-electron chi connectivity index (χ3n) is 4.23. The molecule has 110 valence electrons. The number of nitrogens with zero attached hydrogens (tertiary/aromatic N) is 2. The van der Waals surface area contributed by atoms with E-state index in [1.807, 2.05) is 17.0 Å². The molecule has 0 bridgehead atoms. The molecular formula is C15H23N3O2. The van der Waals surface area contributed by atoms with Crippen LogP contribution in [0.25, 0.3) is 0 Å². The molecule has 5 nitrogen and oxygen atoms in total. The van der Waals surface area contributed by atoms with Gasteiger partial charge < -0.3 is 14.6 Å². The molecule has 1 aromatic rings. The molecule has 2 fully saturated rings. The van der Waals surface area contributed by atoms with E-state index in [9.17, 15) is 4.79 Å². The molecule has 2 aliphatic rings. The standard InChI is InChI=1S/C15H23N3O2/c19-15(18-10-6-16-7-11-18)14(13-5-4-12-20-13)17-8-2-1-3-9-17/h4-5,12,14,16H,1-3,6-11H2. The van der Waals surface area contributed by atoms with E-state index in [2.05, 4.69) is 10.2 Å². The van der Waals surface area contributed by atoms with Gasteiger partial charge in [-0.3, -0.25) is 9.69 Å². The van der Waals surface area contributed by atoms with Crippen LogP contribution in [0.2, 0.25) is 0 Å². The summed E-state index contributed by atoms with van der Waals surface area (Å²) >= 11 is 0. The molecule has 0 aromatic carbocycles. The van der Waals surface area contributed by atoms with Crippen LogP contribution in [-0.4, -0.2) is 55.0 Å². The smallest absolute Gasteiger partial charge is 0.247 e. The lowest BCUT2D eigenvalue weighted by Crippen LogP contribution is -2.51. The molecule has 0 radical (unpaired) electrons. The molecule has 1 unspecified atom stereocenters. The van der Waals surface area contributed by atoms with Gasteiger partial charge in [-0.1, -0.05) is 6.42 Å². The van der Waals surface area contributed by atoms with Crippen molar-refractivity contribution >= 4 is 5.91 Å². The Morgan fingerprint density at radius 3 is 2.55 bits per heavy atom. The second kappa shape index (κ2) is 6.41. The second-order valence-corrected chi connectivity index (χ2v) is 5.59. The lowest BCUT2D eigenvalue weighted by molar-refractivity contribution is -0.139. The monoisotopic (exact) mass is 277 g/mol. The van der Waals surface area contributed by atoms with Gasteiger partial charge in [-0.25, -0.2) is 0 Å². The van der Waals surface area contributed by atoms with Crippen molar-refractivity contribution in [3.8, 4) is 0 Å². The van der Waals surface area contributed by atoms with E-state index in [1.165, 1.54) is 19.3 Å². The zero-order chi connectivity index (χ0) is 13.8. The number of carbonyl (C=O) groups is 1. The predicted molar refractivity (Wildman–Crippen MR) is 76.3 cm³/mol. The van der Waals surface area contributed by atoms with E-state index in [4.69, 9.17) is 4.42 Å². The number of rotatable bonds is 3. The molecule has 20 heavy (non-hydrogen) atoms. The van der Waals surface area contributed by atoms with Gasteiger partial charge in [0.05, 0.1) is 6.26 Å². The molecule has 2 aliphatic heterocycles. The van der Waals surface area contributed by atoms with Gasteiger partial charge in [-0.2, -0.15) is 0 Å². The number of hydrogen-bond donors (Lipinski definition) is 1. The largest absolute Gasteiger partial charge is 0.467 e. The van der Waals surface area contributed by atoms with E-state index in [1.54, 1.807) is 6.26 Å². The summed E-state index contributed by atoms with van der Waals surface area (Å²) in [4.78, 5) is 17.1. The Morgan fingerprint density at radius 2 is 1.90 bits per heavy atom. The Balaban J connectivity index is 1.78. The van der Waals surface area contributed by atoms with E-state index in [0.29, 0.717) is 0 Å². The SMILES string of the molecule is O=C(C(c1ccco1)N1CCCCC1)N1CCNCC1. The minimum atomic E-state index is -0.233. The van der Waals surface area contributed by atoms with Crippen molar-refractivity contribution in [1.29, 1.82) is 0 Å². The van der Waals surface area contributed by atoms with Crippen molar-refractivity contribution in [3.05, 3.63) is 24.2 Å². The fourth-order valence-electron chi connectivity index (χ4n) is 3.14. The van der Waals surface area contributed by atoms with Crippen molar-refractivity contribution in [1.82, 2.24) is 15.1 Å². The molecule has 0 aliphatic carbocycles. The number of nitrogens with one attached hydrogen (secondary N) is 1. The summed E-state index contributed by atoms with van der Waals surface area (Å²) in [6.45, 7) is 5.34. The van der Waals surface area contributed by atoms with E-state index in [0.717, 1.165) is 45.0 Å². The molecule has 1 N–H and O–H groups in total. The lowest BCUT2D eigenvalue weighted by Gasteiger charge is -2.37. The molecule has 2 saturated heterocycles. The molecule has 0 spiro atoms. The van der Waals surface area contributed by atoms with Gasteiger partial charge in [0.1, 0.15) is 11.8 Å². The summed E-state index contributed by atoms with van der Waals surface area (Å²) in [6, 6.07) is 3.57. The third kappa shape index (κ3) is 2.88. The Morgan fingerprint density at radius 1 is 1.15 bits per heavy atom. The van der Waals surface area contributed by atoms with Crippen LogP contribution in [0.15, 0.2) is 22.8 Å². The molecule has 1 aromatic heterocycles. The van der Waals surface area contributed by atoms with E-state index >= 15 is 0 Å². The Bertz CT molecular complexity index is 420. The van der Waals surface area contributed by atoms with Crippen LogP contribution in [0.5, 0.6) is 0 Å². The highest BCUT2D eigenvalue weighted by atomic mass is 16.3. The van der Waals surface area contributed by atoms with Gasteiger partial charge in [0, 0.05) is 26.2 Å². The summed E-state index contributed by atoms with van der Waals surface area (Å²) in [6.07, 6.45) is 5.28. The maximum Gasteiger partial charge on any atom is 0.247 e. The van der Waals surface area contributed by atoms with Gasteiger partial charge in [0.25, 0.3) is 0 Å². The first-order chi connectivity index (χ1) is 9.86. The van der Waals surface area contributed by atoms with E-state index in [-0.39, 0.29) is 11.9 Å². The summed E-state index contributed by atoms with van der Waals surface area (Å²) in [5.74, 6) is 0.985. The van der Waals surface area contributed by atoms with Crippen LogP contribution in [0, 0.1) is 0 Å². The molecule has 5 heteroatoms.